The summed E-state index contributed by atoms with van der Waals surface area (Å²) < 4.78 is 26.6. The minimum absolute atomic E-state index is 0.312. The van der Waals surface area contributed by atoms with Crippen LogP contribution >= 0.6 is 15.9 Å². The van der Waals surface area contributed by atoms with Gasteiger partial charge in [0, 0.05) is 4.47 Å². The highest BCUT2D eigenvalue weighted by molar-refractivity contribution is 9.10. The Hall–Kier alpha value is -1.26. The van der Waals surface area contributed by atoms with Gasteiger partial charge in [-0.3, -0.25) is 0 Å². The Morgan fingerprint density at radius 2 is 1.74 bits per heavy atom. The third-order valence-electron chi connectivity index (χ3n) is 2.83. The molecule has 1 nitrogen and oxygen atoms in total. The topological polar surface area (TPSA) is 20.2 Å². The lowest BCUT2D eigenvalue weighted by atomic mass is 10.0. The fraction of sp³-hybridized carbons (Fsp3) is 0.200. The van der Waals surface area contributed by atoms with Crippen molar-refractivity contribution in [1.29, 1.82) is 0 Å². The van der Waals surface area contributed by atoms with Gasteiger partial charge in [0.1, 0.15) is 11.6 Å². The predicted octanol–water partition coefficient (Wildman–Crippen LogP) is 3.87. The minimum atomic E-state index is -0.636. The van der Waals surface area contributed by atoms with Gasteiger partial charge < -0.3 is 5.11 Å². The van der Waals surface area contributed by atoms with Gasteiger partial charge in [-0.2, -0.15) is 0 Å². The monoisotopic (exact) mass is 326 g/mol. The van der Waals surface area contributed by atoms with E-state index in [1.165, 1.54) is 24.3 Å². The molecule has 0 saturated carbocycles. The van der Waals surface area contributed by atoms with Crippen LogP contribution in [0.2, 0.25) is 0 Å². The van der Waals surface area contributed by atoms with Crippen LogP contribution in [-0.2, 0) is 12.8 Å². The summed E-state index contributed by atoms with van der Waals surface area (Å²) in [5.41, 5.74) is 1.57. The molecule has 0 amide bonds. The fourth-order valence-corrected chi connectivity index (χ4v) is 2.46. The van der Waals surface area contributed by atoms with Crippen molar-refractivity contribution >= 4 is 15.9 Å². The van der Waals surface area contributed by atoms with Crippen molar-refractivity contribution in [1.82, 2.24) is 0 Å². The van der Waals surface area contributed by atoms with E-state index in [0.717, 1.165) is 11.1 Å². The van der Waals surface area contributed by atoms with Gasteiger partial charge >= 0.3 is 0 Å². The zero-order valence-corrected chi connectivity index (χ0v) is 11.7. The molecule has 1 atom stereocenters. The van der Waals surface area contributed by atoms with Crippen LogP contribution in [0.3, 0.4) is 0 Å². The van der Waals surface area contributed by atoms with Gasteiger partial charge in [-0.15, -0.1) is 0 Å². The van der Waals surface area contributed by atoms with E-state index in [9.17, 15) is 13.9 Å². The van der Waals surface area contributed by atoms with Crippen LogP contribution in [0.15, 0.2) is 46.9 Å². The van der Waals surface area contributed by atoms with Gasteiger partial charge in [-0.05, 0) is 48.2 Å². The first-order valence-electron chi connectivity index (χ1n) is 5.91. The summed E-state index contributed by atoms with van der Waals surface area (Å²) in [6, 6.07) is 10.5. The van der Waals surface area contributed by atoms with Crippen molar-refractivity contribution in [2.75, 3.05) is 0 Å². The number of aliphatic hydroxyl groups is 1. The molecule has 19 heavy (non-hydrogen) atoms. The summed E-state index contributed by atoms with van der Waals surface area (Å²) in [5, 5.41) is 10.0. The average Bonchev–Trinajstić information content (AvgIpc) is 2.33. The van der Waals surface area contributed by atoms with Gasteiger partial charge in [-0.1, -0.05) is 34.1 Å². The number of rotatable bonds is 4. The van der Waals surface area contributed by atoms with E-state index >= 15 is 0 Å². The molecule has 0 aliphatic heterocycles. The third kappa shape index (κ3) is 4.11. The SMILES string of the molecule is OC(Cc1cccc(F)c1)Cc1ccc(F)cc1Br. The van der Waals surface area contributed by atoms with E-state index in [-0.39, 0.29) is 11.6 Å². The second kappa shape index (κ2) is 6.26. The van der Waals surface area contributed by atoms with Gasteiger partial charge in [0.2, 0.25) is 0 Å². The molecule has 100 valence electrons. The number of benzene rings is 2. The fourth-order valence-electron chi connectivity index (χ4n) is 1.95. The van der Waals surface area contributed by atoms with Crippen LogP contribution in [0.4, 0.5) is 8.78 Å². The summed E-state index contributed by atoms with van der Waals surface area (Å²) in [7, 11) is 0. The van der Waals surface area contributed by atoms with Crippen LogP contribution in [0.1, 0.15) is 11.1 Å². The minimum Gasteiger partial charge on any atom is -0.392 e. The standard InChI is InChI=1S/C15H13BrF2O/c16-15-9-13(18)5-4-11(15)8-14(19)7-10-2-1-3-12(17)6-10/h1-6,9,14,19H,7-8H2. The highest BCUT2D eigenvalue weighted by Gasteiger charge is 2.10. The van der Waals surface area contributed by atoms with Crippen molar-refractivity contribution < 1.29 is 13.9 Å². The van der Waals surface area contributed by atoms with Gasteiger partial charge in [-0.25, -0.2) is 8.78 Å². The number of halogens is 3. The summed E-state index contributed by atoms with van der Waals surface area (Å²) in [6.45, 7) is 0. The lowest BCUT2D eigenvalue weighted by Crippen LogP contribution is -2.14. The average molecular weight is 327 g/mol. The molecule has 1 unspecified atom stereocenters. The molecule has 0 saturated heterocycles. The molecular formula is C15H13BrF2O. The molecule has 0 bridgehead atoms. The van der Waals surface area contributed by atoms with Crippen LogP contribution in [-0.4, -0.2) is 11.2 Å². The zero-order chi connectivity index (χ0) is 13.8. The molecule has 0 spiro atoms. The second-order valence-electron chi connectivity index (χ2n) is 4.43. The third-order valence-corrected chi connectivity index (χ3v) is 3.57. The van der Waals surface area contributed by atoms with E-state index in [0.29, 0.717) is 17.3 Å². The largest absolute Gasteiger partial charge is 0.392 e. The molecule has 0 aliphatic rings. The molecular weight excluding hydrogens is 314 g/mol. The van der Waals surface area contributed by atoms with E-state index in [4.69, 9.17) is 0 Å². The van der Waals surface area contributed by atoms with Gasteiger partial charge in [0.25, 0.3) is 0 Å². The van der Waals surface area contributed by atoms with Crippen molar-refractivity contribution in [3.63, 3.8) is 0 Å². The molecule has 0 fully saturated rings. The molecule has 2 aromatic rings. The maximum absolute atomic E-state index is 13.0. The molecule has 0 aromatic heterocycles. The highest BCUT2D eigenvalue weighted by atomic mass is 79.9. The molecule has 0 radical (unpaired) electrons. The lowest BCUT2D eigenvalue weighted by molar-refractivity contribution is 0.175. The number of hydrogen-bond acceptors (Lipinski definition) is 1. The second-order valence-corrected chi connectivity index (χ2v) is 5.28. The smallest absolute Gasteiger partial charge is 0.124 e. The predicted molar refractivity (Wildman–Crippen MR) is 73.9 cm³/mol. The van der Waals surface area contributed by atoms with Gasteiger partial charge in [0.05, 0.1) is 6.10 Å². The number of hydrogen-bond donors (Lipinski definition) is 1. The summed E-state index contributed by atoms with van der Waals surface area (Å²) in [5.74, 6) is -0.636. The van der Waals surface area contributed by atoms with Crippen molar-refractivity contribution in [3.05, 3.63) is 69.7 Å². The Bertz CT molecular complexity index is 572. The Kier molecular flexibility index (Phi) is 4.66. The molecule has 4 heteroatoms. The van der Waals surface area contributed by atoms with Crippen LogP contribution in [0.25, 0.3) is 0 Å². The Balaban J connectivity index is 2.03. The van der Waals surface area contributed by atoms with E-state index in [1.807, 2.05) is 0 Å². The van der Waals surface area contributed by atoms with Crippen molar-refractivity contribution in [3.8, 4) is 0 Å². The summed E-state index contributed by atoms with van der Waals surface area (Å²) >= 11 is 3.26. The molecule has 0 heterocycles. The Labute approximate surface area is 119 Å². The molecule has 0 aliphatic carbocycles. The first-order valence-corrected chi connectivity index (χ1v) is 6.70. The van der Waals surface area contributed by atoms with Crippen LogP contribution < -0.4 is 0 Å². The normalized spacial score (nSPS) is 12.4. The van der Waals surface area contributed by atoms with Crippen molar-refractivity contribution in [2.45, 2.75) is 18.9 Å². The van der Waals surface area contributed by atoms with Gasteiger partial charge in [0.15, 0.2) is 0 Å². The maximum Gasteiger partial charge on any atom is 0.124 e. The molecule has 2 aromatic carbocycles. The van der Waals surface area contributed by atoms with E-state index in [1.54, 1.807) is 18.2 Å². The van der Waals surface area contributed by atoms with E-state index < -0.39 is 6.10 Å². The van der Waals surface area contributed by atoms with Crippen molar-refractivity contribution in [2.24, 2.45) is 0 Å². The highest BCUT2D eigenvalue weighted by Crippen LogP contribution is 2.20. The Morgan fingerprint density at radius 3 is 2.42 bits per heavy atom. The van der Waals surface area contributed by atoms with Crippen LogP contribution in [0.5, 0.6) is 0 Å². The molecule has 2 rings (SSSR count). The first kappa shape index (κ1) is 14.2. The first-order chi connectivity index (χ1) is 9.04. The van der Waals surface area contributed by atoms with E-state index in [2.05, 4.69) is 15.9 Å². The Morgan fingerprint density at radius 1 is 1.00 bits per heavy atom. The quantitative estimate of drug-likeness (QED) is 0.904. The lowest BCUT2D eigenvalue weighted by Gasteiger charge is -2.12. The number of aliphatic hydroxyl groups excluding tert-OH is 1. The summed E-state index contributed by atoms with van der Waals surface area (Å²) in [6.07, 6.45) is 0.113. The van der Waals surface area contributed by atoms with Crippen LogP contribution in [0, 0.1) is 11.6 Å². The summed E-state index contributed by atoms with van der Waals surface area (Å²) in [4.78, 5) is 0. The maximum atomic E-state index is 13.0. The molecule has 1 N–H and O–H groups in total. The zero-order valence-electron chi connectivity index (χ0n) is 10.1.